The summed E-state index contributed by atoms with van der Waals surface area (Å²) >= 11 is 0. The predicted molar refractivity (Wildman–Crippen MR) is 101 cm³/mol. The standard InChI is InChI=1S/C21H22N2O4/c1-25-12-8-9-14(18(10-12)26-2)19-20-15(11-17(23-19)21(24)27-3)13-6-4-5-7-16(13)22-20/h4-10,17,19,22-23H,11H2,1-3H3/p+1/t17-,19+/m0/s1. The molecule has 0 radical (unpaired) electrons. The minimum absolute atomic E-state index is 0.105. The molecule has 0 saturated carbocycles. The average Bonchev–Trinajstić information content (AvgIpc) is 3.10. The Hall–Kier alpha value is -2.99. The van der Waals surface area contributed by atoms with Gasteiger partial charge in [0.05, 0.1) is 32.6 Å². The number of carbonyl (C=O) groups is 1. The topological polar surface area (TPSA) is 77.2 Å². The molecule has 1 aliphatic rings. The highest BCUT2D eigenvalue weighted by Gasteiger charge is 2.39. The van der Waals surface area contributed by atoms with Gasteiger partial charge in [-0.3, -0.25) is 0 Å². The molecule has 140 valence electrons. The van der Waals surface area contributed by atoms with Crippen LogP contribution in [-0.4, -0.2) is 38.3 Å². The minimum Gasteiger partial charge on any atom is -0.497 e. The molecule has 2 aromatic carbocycles. The minimum atomic E-state index is -0.307. The van der Waals surface area contributed by atoms with Crippen molar-refractivity contribution < 1.29 is 24.3 Å². The molecule has 4 rings (SSSR count). The lowest BCUT2D eigenvalue weighted by atomic mass is 9.90. The van der Waals surface area contributed by atoms with Gasteiger partial charge in [0.25, 0.3) is 0 Å². The molecule has 0 unspecified atom stereocenters. The molecule has 0 amide bonds. The molecular weight excluding hydrogens is 344 g/mol. The van der Waals surface area contributed by atoms with Gasteiger partial charge in [-0.1, -0.05) is 18.2 Å². The van der Waals surface area contributed by atoms with E-state index in [1.165, 1.54) is 7.11 Å². The van der Waals surface area contributed by atoms with E-state index in [0.717, 1.165) is 39.2 Å². The second-order valence-electron chi connectivity index (χ2n) is 6.67. The summed E-state index contributed by atoms with van der Waals surface area (Å²) in [5.41, 5.74) is 4.31. The summed E-state index contributed by atoms with van der Waals surface area (Å²) in [6.45, 7) is 0. The van der Waals surface area contributed by atoms with Gasteiger partial charge in [-0.05, 0) is 23.8 Å². The summed E-state index contributed by atoms with van der Waals surface area (Å²) in [5, 5.41) is 3.19. The maximum atomic E-state index is 12.4. The normalized spacial score (nSPS) is 18.8. The van der Waals surface area contributed by atoms with Crippen LogP contribution in [0.5, 0.6) is 11.5 Å². The molecule has 0 saturated heterocycles. The van der Waals surface area contributed by atoms with Crippen LogP contribution in [0.15, 0.2) is 42.5 Å². The third-order valence-corrected chi connectivity index (χ3v) is 5.29. The van der Waals surface area contributed by atoms with E-state index in [4.69, 9.17) is 14.2 Å². The molecule has 27 heavy (non-hydrogen) atoms. The summed E-state index contributed by atoms with van der Waals surface area (Å²) in [5.74, 6) is 1.24. The fraction of sp³-hybridized carbons (Fsp3) is 0.286. The van der Waals surface area contributed by atoms with Gasteiger partial charge >= 0.3 is 5.97 Å². The Balaban J connectivity index is 1.88. The van der Waals surface area contributed by atoms with E-state index < -0.39 is 0 Å². The third kappa shape index (κ3) is 2.92. The molecule has 2 atom stereocenters. The van der Waals surface area contributed by atoms with Crippen LogP contribution in [0.25, 0.3) is 10.9 Å². The highest BCUT2D eigenvalue weighted by atomic mass is 16.5. The lowest BCUT2D eigenvalue weighted by molar-refractivity contribution is -0.712. The van der Waals surface area contributed by atoms with E-state index in [2.05, 4.69) is 17.1 Å². The van der Waals surface area contributed by atoms with Gasteiger partial charge in [0, 0.05) is 23.4 Å². The Kier molecular flexibility index (Phi) is 4.49. The maximum absolute atomic E-state index is 12.4. The van der Waals surface area contributed by atoms with E-state index in [1.54, 1.807) is 14.2 Å². The van der Waals surface area contributed by atoms with Gasteiger partial charge in [0.15, 0.2) is 12.1 Å². The van der Waals surface area contributed by atoms with Crippen molar-refractivity contribution in [2.75, 3.05) is 21.3 Å². The molecule has 1 aromatic heterocycles. The Morgan fingerprint density at radius 1 is 1.11 bits per heavy atom. The highest BCUT2D eigenvalue weighted by Crippen LogP contribution is 2.36. The molecule has 1 aliphatic heterocycles. The van der Waals surface area contributed by atoms with E-state index in [9.17, 15) is 4.79 Å². The van der Waals surface area contributed by atoms with Crippen LogP contribution < -0.4 is 14.8 Å². The number of benzene rings is 2. The second kappa shape index (κ2) is 6.96. The summed E-state index contributed by atoms with van der Waals surface area (Å²) in [6, 6.07) is 13.5. The number of fused-ring (bicyclic) bond motifs is 3. The van der Waals surface area contributed by atoms with Gasteiger partial charge in [-0.15, -0.1) is 0 Å². The van der Waals surface area contributed by atoms with Crippen LogP contribution in [0.1, 0.15) is 22.9 Å². The molecule has 0 fully saturated rings. The van der Waals surface area contributed by atoms with Gasteiger partial charge in [-0.2, -0.15) is 0 Å². The lowest BCUT2D eigenvalue weighted by Crippen LogP contribution is -2.94. The molecule has 0 aliphatic carbocycles. The van der Waals surface area contributed by atoms with E-state index in [0.29, 0.717) is 6.42 Å². The zero-order chi connectivity index (χ0) is 19.0. The summed E-state index contributed by atoms with van der Waals surface area (Å²) in [7, 11) is 4.71. The number of ether oxygens (including phenoxy) is 3. The van der Waals surface area contributed by atoms with E-state index in [1.807, 2.05) is 35.6 Å². The van der Waals surface area contributed by atoms with Gasteiger partial charge in [-0.25, -0.2) is 4.79 Å². The number of para-hydroxylation sites is 1. The fourth-order valence-corrected chi connectivity index (χ4v) is 3.97. The monoisotopic (exact) mass is 367 g/mol. The summed E-state index contributed by atoms with van der Waals surface area (Å²) in [4.78, 5) is 15.9. The SMILES string of the molecule is COC(=O)[C@@H]1Cc2c([nH]c3ccccc23)[C@@H](c2ccc(OC)cc2OC)[NH2+]1. The van der Waals surface area contributed by atoms with Crippen molar-refractivity contribution >= 4 is 16.9 Å². The Labute approximate surface area is 157 Å². The van der Waals surface area contributed by atoms with Gasteiger partial charge in [0.2, 0.25) is 0 Å². The number of rotatable bonds is 4. The van der Waals surface area contributed by atoms with Crippen molar-refractivity contribution in [1.82, 2.24) is 4.98 Å². The molecular formula is C21H23N2O4+. The van der Waals surface area contributed by atoms with Crippen LogP contribution >= 0.6 is 0 Å². The van der Waals surface area contributed by atoms with Crippen molar-refractivity contribution in [2.45, 2.75) is 18.5 Å². The van der Waals surface area contributed by atoms with Crippen LogP contribution in [-0.2, 0) is 16.0 Å². The van der Waals surface area contributed by atoms with Crippen LogP contribution in [0.4, 0.5) is 0 Å². The second-order valence-corrected chi connectivity index (χ2v) is 6.67. The molecule has 2 heterocycles. The Bertz CT molecular complexity index is 995. The van der Waals surface area contributed by atoms with Crippen LogP contribution in [0, 0.1) is 0 Å². The molecule has 0 bridgehead atoms. The number of nitrogens with one attached hydrogen (secondary N) is 1. The van der Waals surface area contributed by atoms with Crippen molar-refractivity contribution in [2.24, 2.45) is 0 Å². The van der Waals surface area contributed by atoms with Gasteiger partial charge in [0.1, 0.15) is 11.5 Å². The number of H-pyrrole nitrogens is 1. The number of quaternary nitrogens is 1. The third-order valence-electron chi connectivity index (χ3n) is 5.29. The van der Waals surface area contributed by atoms with Crippen molar-refractivity contribution in [3.05, 3.63) is 59.3 Å². The maximum Gasteiger partial charge on any atom is 0.364 e. The predicted octanol–water partition coefficient (Wildman–Crippen LogP) is 1.94. The fourth-order valence-electron chi connectivity index (χ4n) is 3.97. The number of hydrogen-bond donors (Lipinski definition) is 2. The number of aromatic amines is 1. The molecule has 3 N–H and O–H groups in total. The molecule has 3 aromatic rings. The van der Waals surface area contributed by atoms with E-state index >= 15 is 0 Å². The first kappa shape index (κ1) is 17.4. The number of hydrogen-bond acceptors (Lipinski definition) is 4. The zero-order valence-electron chi connectivity index (χ0n) is 15.6. The van der Waals surface area contributed by atoms with Crippen molar-refractivity contribution in [3.63, 3.8) is 0 Å². The molecule has 0 spiro atoms. The number of aromatic nitrogens is 1. The lowest BCUT2D eigenvalue weighted by Gasteiger charge is -2.27. The smallest absolute Gasteiger partial charge is 0.364 e. The number of methoxy groups -OCH3 is 3. The molecule has 6 heteroatoms. The first-order valence-electron chi connectivity index (χ1n) is 8.90. The van der Waals surface area contributed by atoms with Crippen LogP contribution in [0.2, 0.25) is 0 Å². The quantitative estimate of drug-likeness (QED) is 0.691. The summed E-state index contributed by atoms with van der Waals surface area (Å²) < 4.78 is 16.0. The first-order chi connectivity index (χ1) is 13.2. The van der Waals surface area contributed by atoms with Crippen LogP contribution in [0.3, 0.4) is 0 Å². The highest BCUT2D eigenvalue weighted by molar-refractivity contribution is 5.86. The largest absolute Gasteiger partial charge is 0.497 e. The summed E-state index contributed by atoms with van der Waals surface area (Å²) in [6.07, 6.45) is 0.626. The number of nitrogens with two attached hydrogens (primary N) is 1. The van der Waals surface area contributed by atoms with E-state index in [-0.39, 0.29) is 18.1 Å². The average molecular weight is 367 g/mol. The van der Waals surface area contributed by atoms with Crippen molar-refractivity contribution in [1.29, 1.82) is 0 Å². The van der Waals surface area contributed by atoms with Crippen molar-refractivity contribution in [3.8, 4) is 11.5 Å². The zero-order valence-corrected chi connectivity index (χ0v) is 15.6. The Morgan fingerprint density at radius 2 is 1.93 bits per heavy atom. The first-order valence-corrected chi connectivity index (χ1v) is 8.90. The molecule has 6 nitrogen and oxygen atoms in total. The number of esters is 1. The Morgan fingerprint density at radius 3 is 2.67 bits per heavy atom. The van der Waals surface area contributed by atoms with Gasteiger partial charge < -0.3 is 24.5 Å². The number of carbonyl (C=O) groups excluding carboxylic acids is 1.